The second-order valence-corrected chi connectivity index (χ2v) is 25.2. The summed E-state index contributed by atoms with van der Waals surface area (Å²) >= 11 is 0. The molecule has 0 amide bonds. The summed E-state index contributed by atoms with van der Waals surface area (Å²) in [5.74, 6) is -0.854. The Morgan fingerprint density at radius 3 is 0.707 bits per heavy atom. The van der Waals surface area contributed by atoms with Gasteiger partial charge in [0.15, 0.2) is 6.10 Å². The summed E-state index contributed by atoms with van der Waals surface area (Å²) in [5, 5.41) is 0. The molecule has 0 aromatic rings. The van der Waals surface area contributed by atoms with Crippen LogP contribution in [0.2, 0.25) is 0 Å². The van der Waals surface area contributed by atoms with Gasteiger partial charge in [0.1, 0.15) is 13.2 Å². The van der Waals surface area contributed by atoms with E-state index in [1.165, 1.54) is 295 Å². The van der Waals surface area contributed by atoms with Crippen molar-refractivity contribution in [3.63, 3.8) is 0 Å². The minimum Gasteiger partial charge on any atom is -0.462 e. The lowest BCUT2D eigenvalue weighted by Crippen LogP contribution is -2.30. The van der Waals surface area contributed by atoms with Gasteiger partial charge in [-0.1, -0.05) is 353 Å². The Morgan fingerprint density at radius 1 is 0.244 bits per heavy atom. The van der Waals surface area contributed by atoms with Crippen LogP contribution in [0.25, 0.3) is 0 Å². The maximum atomic E-state index is 13.0. The molecule has 0 radical (unpaired) electrons. The Hall–Kier alpha value is -2.37. The molecule has 82 heavy (non-hydrogen) atoms. The Kier molecular flexibility index (Phi) is 69.1. The molecule has 0 aliphatic carbocycles. The second kappa shape index (κ2) is 71.1. The van der Waals surface area contributed by atoms with Gasteiger partial charge in [-0.15, -0.1) is 0 Å². The van der Waals surface area contributed by atoms with Crippen molar-refractivity contribution < 1.29 is 28.6 Å². The SMILES string of the molecule is CCCCC/C=C\C/C=C\CCCCCCCC(=O)OCC(COC(=O)CCCCCCCCCCCCCCC/C=C\CCCCCCCCCC)OC(=O)CCCCCCCCCCCCCCCCCCCCCCCCCC. The van der Waals surface area contributed by atoms with Crippen LogP contribution in [0.3, 0.4) is 0 Å². The third kappa shape index (κ3) is 68.4. The largest absolute Gasteiger partial charge is 0.462 e. The zero-order valence-corrected chi connectivity index (χ0v) is 55.5. The van der Waals surface area contributed by atoms with Crippen LogP contribution in [0.4, 0.5) is 0 Å². The fourth-order valence-corrected chi connectivity index (χ4v) is 11.3. The topological polar surface area (TPSA) is 78.9 Å². The Bertz CT molecular complexity index is 1370. The molecule has 0 saturated heterocycles. The quantitative estimate of drug-likeness (QED) is 0.0261. The van der Waals surface area contributed by atoms with E-state index in [2.05, 4.69) is 57.2 Å². The highest BCUT2D eigenvalue weighted by Gasteiger charge is 2.19. The van der Waals surface area contributed by atoms with Gasteiger partial charge < -0.3 is 14.2 Å². The molecule has 482 valence electrons. The van der Waals surface area contributed by atoms with E-state index >= 15 is 0 Å². The summed E-state index contributed by atoms with van der Waals surface area (Å²) in [6.45, 7) is 6.69. The predicted molar refractivity (Wildman–Crippen MR) is 358 cm³/mol. The standard InChI is InChI=1S/C76H142O6/c1-4-7-10-13-16-19-22-25-28-30-32-34-36-38-40-41-43-45-48-51-54-57-60-63-66-69-75(78)81-72-73(71-80-74(77)68-65-62-59-56-53-50-47-27-24-21-18-15-12-9-6-3)82-76(79)70-67-64-61-58-55-52-49-46-44-42-39-37-35-33-31-29-26-23-20-17-14-11-8-5-2/h18,21,27,30,32,47,73H,4-17,19-20,22-26,28-29,31,33-46,48-72H2,1-3H3/b21-18-,32-30-,47-27-. The fourth-order valence-electron chi connectivity index (χ4n) is 11.3. The predicted octanol–water partition coefficient (Wildman–Crippen LogP) is 25.5. The molecule has 0 aliphatic rings. The summed E-state index contributed by atoms with van der Waals surface area (Å²) in [6.07, 6.45) is 89.0. The number of carbonyl (C=O) groups is 3. The average Bonchev–Trinajstić information content (AvgIpc) is 3.48. The molecular formula is C76H142O6. The number of allylic oxidation sites excluding steroid dienone is 6. The average molecular weight is 1150 g/mol. The summed E-state index contributed by atoms with van der Waals surface area (Å²) in [5.41, 5.74) is 0. The van der Waals surface area contributed by atoms with Gasteiger partial charge in [-0.25, -0.2) is 0 Å². The van der Waals surface area contributed by atoms with E-state index in [1.54, 1.807) is 0 Å². The van der Waals surface area contributed by atoms with Crippen LogP contribution in [0.15, 0.2) is 36.5 Å². The van der Waals surface area contributed by atoms with Crippen molar-refractivity contribution in [1.82, 2.24) is 0 Å². The molecule has 1 atom stereocenters. The number of hydrogen-bond acceptors (Lipinski definition) is 6. The van der Waals surface area contributed by atoms with E-state index in [9.17, 15) is 14.4 Å². The molecule has 0 spiro atoms. The van der Waals surface area contributed by atoms with Gasteiger partial charge >= 0.3 is 17.9 Å². The van der Waals surface area contributed by atoms with Gasteiger partial charge in [-0.3, -0.25) is 14.4 Å². The molecule has 0 aromatic heterocycles. The van der Waals surface area contributed by atoms with Crippen molar-refractivity contribution >= 4 is 17.9 Å². The molecule has 1 unspecified atom stereocenters. The Morgan fingerprint density at radius 2 is 0.439 bits per heavy atom. The molecule has 0 fully saturated rings. The van der Waals surface area contributed by atoms with Crippen LogP contribution in [-0.2, 0) is 28.6 Å². The van der Waals surface area contributed by atoms with Gasteiger partial charge in [-0.05, 0) is 77.0 Å². The van der Waals surface area contributed by atoms with Crippen LogP contribution in [-0.4, -0.2) is 37.2 Å². The number of unbranched alkanes of at least 4 members (excludes halogenated alkanes) is 52. The van der Waals surface area contributed by atoms with Crippen LogP contribution >= 0.6 is 0 Å². The fraction of sp³-hybridized carbons (Fsp3) is 0.882. The summed E-state index contributed by atoms with van der Waals surface area (Å²) in [4.78, 5) is 38.5. The normalized spacial score (nSPS) is 12.2. The molecule has 0 aromatic carbocycles. The minimum absolute atomic E-state index is 0.0717. The van der Waals surface area contributed by atoms with Crippen molar-refractivity contribution in [3.05, 3.63) is 36.5 Å². The first-order chi connectivity index (χ1) is 40.5. The summed E-state index contributed by atoms with van der Waals surface area (Å²) in [6, 6.07) is 0. The third-order valence-electron chi connectivity index (χ3n) is 16.9. The third-order valence-corrected chi connectivity index (χ3v) is 16.9. The molecule has 6 heteroatoms. The van der Waals surface area contributed by atoms with Gasteiger partial charge in [0.25, 0.3) is 0 Å². The van der Waals surface area contributed by atoms with Crippen molar-refractivity contribution in [3.8, 4) is 0 Å². The second-order valence-electron chi connectivity index (χ2n) is 25.2. The van der Waals surface area contributed by atoms with E-state index in [0.29, 0.717) is 19.3 Å². The Balaban J connectivity index is 4.25. The van der Waals surface area contributed by atoms with Crippen LogP contribution in [0.5, 0.6) is 0 Å². The van der Waals surface area contributed by atoms with Crippen molar-refractivity contribution in [2.24, 2.45) is 0 Å². The van der Waals surface area contributed by atoms with Crippen LogP contribution in [0.1, 0.15) is 412 Å². The van der Waals surface area contributed by atoms with Crippen LogP contribution < -0.4 is 0 Å². The van der Waals surface area contributed by atoms with Crippen molar-refractivity contribution in [2.75, 3.05) is 13.2 Å². The van der Waals surface area contributed by atoms with E-state index < -0.39 is 6.10 Å². The maximum absolute atomic E-state index is 13.0. The first kappa shape index (κ1) is 79.6. The highest BCUT2D eigenvalue weighted by Crippen LogP contribution is 2.19. The molecule has 0 rings (SSSR count). The molecule has 0 saturated carbocycles. The van der Waals surface area contributed by atoms with Crippen molar-refractivity contribution in [1.29, 1.82) is 0 Å². The molecule has 0 heterocycles. The number of rotatable bonds is 69. The first-order valence-corrected chi connectivity index (χ1v) is 37.0. The molecule has 0 aliphatic heterocycles. The monoisotopic (exact) mass is 1150 g/mol. The molecular weight excluding hydrogens is 1010 g/mol. The summed E-state index contributed by atoms with van der Waals surface area (Å²) in [7, 11) is 0. The van der Waals surface area contributed by atoms with Gasteiger partial charge in [0, 0.05) is 19.3 Å². The minimum atomic E-state index is -0.777. The molecule has 0 N–H and O–H groups in total. The van der Waals surface area contributed by atoms with E-state index in [4.69, 9.17) is 14.2 Å². The smallest absolute Gasteiger partial charge is 0.306 e. The first-order valence-electron chi connectivity index (χ1n) is 37.0. The maximum Gasteiger partial charge on any atom is 0.306 e. The zero-order chi connectivity index (χ0) is 59.2. The number of esters is 3. The highest BCUT2D eigenvalue weighted by atomic mass is 16.6. The van der Waals surface area contributed by atoms with E-state index in [0.717, 1.165) is 77.0 Å². The number of hydrogen-bond donors (Lipinski definition) is 0. The molecule has 6 nitrogen and oxygen atoms in total. The number of ether oxygens (including phenoxy) is 3. The highest BCUT2D eigenvalue weighted by molar-refractivity contribution is 5.71. The van der Waals surface area contributed by atoms with E-state index in [-0.39, 0.29) is 31.1 Å². The molecule has 0 bridgehead atoms. The van der Waals surface area contributed by atoms with Gasteiger partial charge in [0.2, 0.25) is 0 Å². The lowest BCUT2D eigenvalue weighted by molar-refractivity contribution is -0.167. The van der Waals surface area contributed by atoms with E-state index in [1.807, 2.05) is 0 Å². The Labute approximate surface area is 512 Å². The zero-order valence-electron chi connectivity index (χ0n) is 55.5. The van der Waals surface area contributed by atoms with Crippen LogP contribution in [0, 0.1) is 0 Å². The van der Waals surface area contributed by atoms with Gasteiger partial charge in [-0.2, -0.15) is 0 Å². The lowest BCUT2D eigenvalue weighted by Gasteiger charge is -2.18. The summed E-state index contributed by atoms with van der Waals surface area (Å²) < 4.78 is 17.0. The lowest BCUT2D eigenvalue weighted by atomic mass is 10.0. The van der Waals surface area contributed by atoms with Crippen molar-refractivity contribution in [2.45, 2.75) is 419 Å². The number of carbonyl (C=O) groups excluding carboxylic acids is 3. The van der Waals surface area contributed by atoms with Gasteiger partial charge in [0.05, 0.1) is 0 Å².